The Kier molecular flexibility index (Phi) is 4.13. The number of hydrogen-bond acceptors (Lipinski definition) is 7. The summed E-state index contributed by atoms with van der Waals surface area (Å²) >= 11 is 6.53. The summed E-state index contributed by atoms with van der Waals surface area (Å²) in [5, 5.41) is 13.0. The monoisotopic (exact) mass is 368 g/mol. The smallest absolute Gasteiger partial charge is 0.237 e. The molecule has 0 aliphatic carbocycles. The maximum Gasteiger partial charge on any atom is 0.237 e. The minimum absolute atomic E-state index is 0.581. The molecule has 0 aliphatic heterocycles. The van der Waals surface area contributed by atoms with Crippen molar-refractivity contribution in [3.63, 3.8) is 0 Å². The Morgan fingerprint density at radius 1 is 1.35 bits per heavy atom. The fourth-order valence-corrected chi connectivity index (χ4v) is 3.57. The van der Waals surface area contributed by atoms with Gasteiger partial charge in [-0.2, -0.15) is 4.98 Å². The first-order valence-electron chi connectivity index (χ1n) is 5.72. The standard InChI is InChI=1S/C12H9BrN4OS2/c1-7-15-16-12(20-7)19-6-10-14-11(17-18-10)8-3-2-4-9(13)5-8/h2-5H,6H2,1H3. The number of thioether (sulfide) groups is 1. The van der Waals surface area contributed by atoms with E-state index in [1.807, 2.05) is 31.2 Å². The highest BCUT2D eigenvalue weighted by molar-refractivity contribution is 9.10. The minimum Gasteiger partial charge on any atom is -0.338 e. The van der Waals surface area contributed by atoms with E-state index in [-0.39, 0.29) is 0 Å². The summed E-state index contributed by atoms with van der Waals surface area (Å²) in [5.74, 6) is 1.77. The average molecular weight is 369 g/mol. The van der Waals surface area contributed by atoms with E-state index in [1.54, 1.807) is 23.1 Å². The van der Waals surface area contributed by atoms with Crippen LogP contribution in [0.1, 0.15) is 10.9 Å². The van der Waals surface area contributed by atoms with Gasteiger partial charge in [-0.15, -0.1) is 10.2 Å². The van der Waals surface area contributed by atoms with Crippen molar-refractivity contribution in [1.82, 2.24) is 20.3 Å². The van der Waals surface area contributed by atoms with Gasteiger partial charge in [0.25, 0.3) is 0 Å². The van der Waals surface area contributed by atoms with Crippen molar-refractivity contribution in [2.75, 3.05) is 0 Å². The number of aryl methyl sites for hydroxylation is 1. The Morgan fingerprint density at radius 3 is 3.00 bits per heavy atom. The molecule has 20 heavy (non-hydrogen) atoms. The van der Waals surface area contributed by atoms with Gasteiger partial charge in [0.2, 0.25) is 11.7 Å². The number of halogens is 1. The molecule has 8 heteroatoms. The van der Waals surface area contributed by atoms with E-state index in [9.17, 15) is 0 Å². The van der Waals surface area contributed by atoms with Crippen LogP contribution in [0.25, 0.3) is 11.4 Å². The lowest BCUT2D eigenvalue weighted by Crippen LogP contribution is -1.83. The first kappa shape index (κ1) is 13.7. The lowest BCUT2D eigenvalue weighted by atomic mass is 10.2. The molecule has 0 N–H and O–H groups in total. The lowest BCUT2D eigenvalue weighted by Gasteiger charge is -1.94. The molecular weight excluding hydrogens is 360 g/mol. The van der Waals surface area contributed by atoms with Crippen LogP contribution in [0.4, 0.5) is 0 Å². The Hall–Kier alpha value is -1.25. The molecule has 102 valence electrons. The zero-order valence-corrected chi connectivity index (χ0v) is 13.6. The van der Waals surface area contributed by atoms with Gasteiger partial charge in [-0.1, -0.05) is 56.3 Å². The third-order valence-electron chi connectivity index (χ3n) is 2.38. The molecule has 0 spiro atoms. The summed E-state index contributed by atoms with van der Waals surface area (Å²) in [6, 6.07) is 7.79. The van der Waals surface area contributed by atoms with Crippen LogP contribution >= 0.6 is 39.0 Å². The zero-order chi connectivity index (χ0) is 13.9. The van der Waals surface area contributed by atoms with Crippen LogP contribution in [-0.4, -0.2) is 20.3 Å². The van der Waals surface area contributed by atoms with Gasteiger partial charge >= 0.3 is 0 Å². The predicted molar refractivity (Wildman–Crippen MR) is 81.6 cm³/mol. The Bertz CT molecular complexity index is 728. The molecule has 2 heterocycles. The van der Waals surface area contributed by atoms with E-state index >= 15 is 0 Å². The summed E-state index contributed by atoms with van der Waals surface area (Å²) in [6.07, 6.45) is 0. The van der Waals surface area contributed by atoms with Gasteiger partial charge in [0.15, 0.2) is 4.34 Å². The van der Waals surface area contributed by atoms with Crippen LogP contribution < -0.4 is 0 Å². The van der Waals surface area contributed by atoms with Crippen LogP contribution in [0.5, 0.6) is 0 Å². The van der Waals surface area contributed by atoms with Gasteiger partial charge in [-0.3, -0.25) is 0 Å². The van der Waals surface area contributed by atoms with Gasteiger partial charge in [0.05, 0.1) is 5.75 Å². The normalized spacial score (nSPS) is 10.9. The summed E-state index contributed by atoms with van der Waals surface area (Å²) in [4.78, 5) is 4.38. The fourth-order valence-electron chi connectivity index (χ4n) is 1.52. The van der Waals surface area contributed by atoms with Gasteiger partial charge in [0.1, 0.15) is 5.01 Å². The van der Waals surface area contributed by atoms with E-state index in [4.69, 9.17) is 4.52 Å². The molecule has 3 rings (SSSR count). The number of benzene rings is 1. The van der Waals surface area contributed by atoms with Gasteiger partial charge in [-0.05, 0) is 19.1 Å². The van der Waals surface area contributed by atoms with E-state index < -0.39 is 0 Å². The first-order valence-corrected chi connectivity index (χ1v) is 8.31. The van der Waals surface area contributed by atoms with Crippen molar-refractivity contribution < 1.29 is 4.52 Å². The second-order valence-corrected chi connectivity index (χ2v) is 7.22. The highest BCUT2D eigenvalue weighted by atomic mass is 79.9. The van der Waals surface area contributed by atoms with E-state index in [0.717, 1.165) is 19.4 Å². The Labute approximate surface area is 131 Å². The molecule has 1 aromatic carbocycles. The van der Waals surface area contributed by atoms with Crippen molar-refractivity contribution in [3.8, 4) is 11.4 Å². The SMILES string of the molecule is Cc1nnc(SCc2nc(-c3cccc(Br)c3)no2)s1. The molecule has 0 amide bonds. The number of rotatable bonds is 4. The van der Waals surface area contributed by atoms with Crippen molar-refractivity contribution in [2.45, 2.75) is 17.0 Å². The van der Waals surface area contributed by atoms with Crippen molar-refractivity contribution in [3.05, 3.63) is 39.6 Å². The molecule has 0 aliphatic rings. The van der Waals surface area contributed by atoms with Gasteiger partial charge in [0, 0.05) is 10.0 Å². The number of aromatic nitrogens is 4. The summed E-state index contributed by atoms with van der Waals surface area (Å²) in [5.41, 5.74) is 0.922. The second-order valence-electron chi connectivity index (χ2n) is 3.90. The summed E-state index contributed by atoms with van der Waals surface area (Å²) in [6.45, 7) is 1.93. The van der Waals surface area contributed by atoms with Gasteiger partial charge in [-0.25, -0.2) is 0 Å². The molecule has 3 aromatic rings. The maximum absolute atomic E-state index is 5.25. The highest BCUT2D eigenvalue weighted by Gasteiger charge is 2.10. The third-order valence-corrected chi connectivity index (χ3v) is 4.83. The molecule has 0 fully saturated rings. The van der Waals surface area contributed by atoms with Crippen molar-refractivity contribution >= 4 is 39.0 Å². The van der Waals surface area contributed by atoms with E-state index in [2.05, 4.69) is 36.3 Å². The predicted octanol–water partition coefficient (Wildman–Crippen LogP) is 3.95. The molecule has 2 aromatic heterocycles. The lowest BCUT2D eigenvalue weighted by molar-refractivity contribution is 0.391. The van der Waals surface area contributed by atoms with Crippen LogP contribution in [0, 0.1) is 6.92 Å². The molecular formula is C12H9BrN4OS2. The maximum atomic E-state index is 5.25. The first-order chi connectivity index (χ1) is 9.70. The molecule has 0 atom stereocenters. The number of nitrogens with zero attached hydrogens (tertiary/aromatic N) is 4. The summed E-state index contributed by atoms with van der Waals surface area (Å²) < 4.78 is 7.14. The molecule has 0 radical (unpaired) electrons. The van der Waals surface area contributed by atoms with Gasteiger partial charge < -0.3 is 4.52 Å². The highest BCUT2D eigenvalue weighted by Crippen LogP contribution is 2.26. The molecule has 0 unspecified atom stereocenters. The van der Waals surface area contributed by atoms with Crippen LogP contribution in [0.2, 0.25) is 0 Å². The zero-order valence-electron chi connectivity index (χ0n) is 10.4. The molecule has 5 nitrogen and oxygen atoms in total. The average Bonchev–Trinajstić information content (AvgIpc) is 3.05. The topological polar surface area (TPSA) is 64.7 Å². The van der Waals surface area contributed by atoms with Crippen LogP contribution in [0.15, 0.2) is 37.6 Å². The summed E-state index contributed by atoms with van der Waals surface area (Å²) in [7, 11) is 0. The minimum atomic E-state index is 0.581. The molecule has 0 bridgehead atoms. The van der Waals surface area contributed by atoms with E-state index in [1.165, 1.54) is 0 Å². The quantitative estimate of drug-likeness (QED) is 0.649. The molecule has 0 saturated carbocycles. The van der Waals surface area contributed by atoms with Crippen LogP contribution in [-0.2, 0) is 5.75 Å². The van der Waals surface area contributed by atoms with Crippen molar-refractivity contribution in [2.24, 2.45) is 0 Å². The fraction of sp³-hybridized carbons (Fsp3) is 0.167. The van der Waals surface area contributed by atoms with Crippen molar-refractivity contribution in [1.29, 1.82) is 0 Å². The largest absolute Gasteiger partial charge is 0.338 e. The second kappa shape index (κ2) is 6.02. The third kappa shape index (κ3) is 3.25. The van der Waals surface area contributed by atoms with E-state index in [0.29, 0.717) is 17.5 Å². The number of hydrogen-bond donors (Lipinski definition) is 0. The molecule has 0 saturated heterocycles. The van der Waals surface area contributed by atoms with Crippen LogP contribution in [0.3, 0.4) is 0 Å². The Morgan fingerprint density at radius 2 is 2.25 bits per heavy atom. The Balaban J connectivity index is 1.70.